The van der Waals surface area contributed by atoms with E-state index in [2.05, 4.69) is 0 Å². The Morgan fingerprint density at radius 1 is 1.43 bits per heavy atom. The van der Waals surface area contributed by atoms with Crippen LogP contribution in [0.2, 0.25) is 0 Å². The molecular weight excluding hydrogens is 182 g/mol. The van der Waals surface area contributed by atoms with Crippen LogP contribution < -0.4 is 0 Å². The fourth-order valence-electron chi connectivity index (χ4n) is 1.73. The SMILES string of the molecule is O=CC1([N+](=O)[O-])CC1c1ccccc1. The Morgan fingerprint density at radius 2 is 2.07 bits per heavy atom. The predicted octanol–water partition coefficient (Wildman–Crippen LogP) is 1.39. The van der Waals surface area contributed by atoms with Gasteiger partial charge in [0.25, 0.3) is 5.54 Å². The fourth-order valence-corrected chi connectivity index (χ4v) is 1.73. The molecule has 14 heavy (non-hydrogen) atoms. The van der Waals surface area contributed by atoms with Crippen molar-refractivity contribution in [1.29, 1.82) is 0 Å². The normalized spacial score (nSPS) is 29.6. The number of carbonyl (C=O) groups is 1. The third-order valence-corrected chi connectivity index (χ3v) is 2.72. The van der Waals surface area contributed by atoms with Crippen LogP contribution in [-0.2, 0) is 4.79 Å². The molecule has 0 spiro atoms. The third kappa shape index (κ3) is 1.11. The number of hydrogen-bond acceptors (Lipinski definition) is 3. The highest BCUT2D eigenvalue weighted by molar-refractivity contribution is 5.70. The minimum Gasteiger partial charge on any atom is -0.295 e. The molecule has 0 bridgehead atoms. The second-order valence-corrected chi connectivity index (χ2v) is 3.53. The van der Waals surface area contributed by atoms with Crippen LogP contribution in [0, 0.1) is 10.1 Å². The maximum atomic E-state index is 10.7. The van der Waals surface area contributed by atoms with Gasteiger partial charge in [-0.15, -0.1) is 0 Å². The van der Waals surface area contributed by atoms with E-state index in [9.17, 15) is 14.9 Å². The van der Waals surface area contributed by atoms with Crippen LogP contribution in [0.1, 0.15) is 17.9 Å². The van der Waals surface area contributed by atoms with Crippen molar-refractivity contribution in [3.63, 3.8) is 0 Å². The second-order valence-electron chi connectivity index (χ2n) is 3.53. The highest BCUT2D eigenvalue weighted by atomic mass is 16.6. The summed E-state index contributed by atoms with van der Waals surface area (Å²) in [5.41, 5.74) is -0.474. The van der Waals surface area contributed by atoms with Crippen LogP contribution in [-0.4, -0.2) is 16.7 Å². The minimum atomic E-state index is -1.35. The molecule has 1 aliphatic carbocycles. The predicted molar refractivity (Wildman–Crippen MR) is 49.6 cm³/mol. The van der Waals surface area contributed by atoms with Crippen LogP contribution >= 0.6 is 0 Å². The summed E-state index contributed by atoms with van der Waals surface area (Å²) in [6.07, 6.45) is 0.790. The number of nitrogens with zero attached hydrogens (tertiary/aromatic N) is 1. The molecule has 1 fully saturated rings. The van der Waals surface area contributed by atoms with Crippen LogP contribution in [0.5, 0.6) is 0 Å². The van der Waals surface area contributed by atoms with Crippen molar-refractivity contribution in [1.82, 2.24) is 0 Å². The first-order valence-corrected chi connectivity index (χ1v) is 4.36. The topological polar surface area (TPSA) is 60.2 Å². The summed E-state index contributed by atoms with van der Waals surface area (Å²) in [6.45, 7) is 0. The molecule has 0 radical (unpaired) electrons. The lowest BCUT2D eigenvalue weighted by atomic mass is 10.1. The quantitative estimate of drug-likeness (QED) is 0.412. The highest BCUT2D eigenvalue weighted by Gasteiger charge is 2.67. The van der Waals surface area contributed by atoms with Crippen molar-refractivity contribution >= 4 is 6.29 Å². The van der Waals surface area contributed by atoms with Gasteiger partial charge in [-0.05, 0) is 5.56 Å². The van der Waals surface area contributed by atoms with Gasteiger partial charge in [-0.3, -0.25) is 14.9 Å². The molecule has 2 rings (SSSR count). The highest BCUT2D eigenvalue weighted by Crippen LogP contribution is 2.52. The molecule has 2 atom stereocenters. The lowest BCUT2D eigenvalue weighted by molar-refractivity contribution is -0.521. The molecule has 4 nitrogen and oxygen atoms in total. The van der Waals surface area contributed by atoms with E-state index in [4.69, 9.17) is 0 Å². The summed E-state index contributed by atoms with van der Waals surface area (Å²) >= 11 is 0. The van der Waals surface area contributed by atoms with E-state index in [1.807, 2.05) is 30.3 Å². The Balaban J connectivity index is 2.27. The van der Waals surface area contributed by atoms with Gasteiger partial charge in [-0.2, -0.15) is 0 Å². The van der Waals surface area contributed by atoms with Gasteiger partial charge in [0.1, 0.15) is 0 Å². The van der Waals surface area contributed by atoms with Gasteiger partial charge in [0.05, 0.1) is 5.92 Å². The molecule has 2 unspecified atom stereocenters. The maximum Gasteiger partial charge on any atom is 0.284 e. The molecule has 1 saturated carbocycles. The molecule has 1 aromatic carbocycles. The van der Waals surface area contributed by atoms with E-state index in [0.29, 0.717) is 12.7 Å². The number of aldehydes is 1. The van der Waals surface area contributed by atoms with Crippen molar-refractivity contribution < 1.29 is 9.72 Å². The van der Waals surface area contributed by atoms with Gasteiger partial charge in [-0.1, -0.05) is 30.3 Å². The Kier molecular flexibility index (Phi) is 1.84. The molecule has 0 N–H and O–H groups in total. The van der Waals surface area contributed by atoms with Crippen LogP contribution in [0.4, 0.5) is 0 Å². The largest absolute Gasteiger partial charge is 0.295 e. The van der Waals surface area contributed by atoms with E-state index in [0.717, 1.165) is 5.56 Å². The van der Waals surface area contributed by atoms with Gasteiger partial charge < -0.3 is 0 Å². The lowest BCUT2D eigenvalue weighted by Crippen LogP contribution is -2.25. The van der Waals surface area contributed by atoms with Crippen molar-refractivity contribution in [3.05, 3.63) is 46.0 Å². The molecule has 4 heteroatoms. The monoisotopic (exact) mass is 191 g/mol. The standard InChI is InChI=1S/C10H9NO3/c12-7-10(11(13)14)6-9(10)8-4-2-1-3-5-8/h1-5,7,9H,6H2. The number of nitro groups is 1. The number of carbonyl (C=O) groups excluding carboxylic acids is 1. The zero-order valence-corrected chi connectivity index (χ0v) is 7.42. The molecule has 72 valence electrons. The minimum absolute atomic E-state index is 0.240. The molecule has 0 amide bonds. The summed E-state index contributed by atoms with van der Waals surface area (Å²) < 4.78 is 0. The van der Waals surface area contributed by atoms with Crippen molar-refractivity contribution in [2.24, 2.45) is 0 Å². The average molecular weight is 191 g/mol. The average Bonchev–Trinajstić information content (AvgIpc) is 2.95. The van der Waals surface area contributed by atoms with Crippen LogP contribution in [0.3, 0.4) is 0 Å². The summed E-state index contributed by atoms with van der Waals surface area (Å²) in [7, 11) is 0. The van der Waals surface area contributed by atoms with Gasteiger partial charge >= 0.3 is 0 Å². The lowest BCUT2D eigenvalue weighted by Gasteiger charge is -2.00. The molecule has 0 aliphatic heterocycles. The van der Waals surface area contributed by atoms with Gasteiger partial charge in [0, 0.05) is 11.3 Å². The van der Waals surface area contributed by atoms with Crippen LogP contribution in [0.15, 0.2) is 30.3 Å². The smallest absolute Gasteiger partial charge is 0.284 e. The zero-order chi connectivity index (χ0) is 10.2. The van der Waals surface area contributed by atoms with E-state index in [-0.39, 0.29) is 5.92 Å². The number of rotatable bonds is 3. The van der Waals surface area contributed by atoms with Gasteiger partial charge in [0.2, 0.25) is 0 Å². The van der Waals surface area contributed by atoms with Gasteiger partial charge in [0.15, 0.2) is 6.29 Å². The van der Waals surface area contributed by atoms with Crippen LogP contribution in [0.25, 0.3) is 0 Å². The Morgan fingerprint density at radius 3 is 2.50 bits per heavy atom. The van der Waals surface area contributed by atoms with Crippen molar-refractivity contribution in [2.75, 3.05) is 0 Å². The van der Waals surface area contributed by atoms with Crippen molar-refractivity contribution in [3.8, 4) is 0 Å². The molecule has 1 aromatic rings. The summed E-state index contributed by atoms with van der Waals surface area (Å²) in [4.78, 5) is 20.9. The van der Waals surface area contributed by atoms with E-state index in [1.54, 1.807) is 0 Å². The van der Waals surface area contributed by atoms with Gasteiger partial charge in [-0.25, -0.2) is 0 Å². The second kappa shape index (κ2) is 2.90. The summed E-state index contributed by atoms with van der Waals surface area (Å²) in [5.74, 6) is -0.240. The molecule has 1 aliphatic rings. The fraction of sp³-hybridized carbons (Fsp3) is 0.300. The number of hydrogen-bond donors (Lipinski definition) is 0. The third-order valence-electron chi connectivity index (χ3n) is 2.72. The molecule has 0 saturated heterocycles. The first-order valence-electron chi connectivity index (χ1n) is 4.36. The zero-order valence-electron chi connectivity index (χ0n) is 7.42. The Hall–Kier alpha value is -1.71. The summed E-state index contributed by atoms with van der Waals surface area (Å²) in [5, 5.41) is 10.7. The van der Waals surface area contributed by atoms with E-state index in [1.165, 1.54) is 0 Å². The Bertz CT molecular complexity index is 376. The summed E-state index contributed by atoms with van der Waals surface area (Å²) in [6, 6.07) is 9.13. The van der Waals surface area contributed by atoms with E-state index >= 15 is 0 Å². The Labute approximate surface area is 80.7 Å². The molecule has 0 aromatic heterocycles. The maximum absolute atomic E-state index is 10.7. The molecular formula is C10H9NO3. The first kappa shape index (κ1) is 8.87. The number of benzene rings is 1. The first-order chi connectivity index (χ1) is 6.70. The van der Waals surface area contributed by atoms with E-state index < -0.39 is 10.5 Å². The van der Waals surface area contributed by atoms with Crippen molar-refractivity contribution in [2.45, 2.75) is 17.9 Å². The molecule has 0 heterocycles.